The summed E-state index contributed by atoms with van der Waals surface area (Å²) in [6.45, 7) is 8.10. The number of allylic oxidation sites excluding steroid dienone is 1. The predicted molar refractivity (Wildman–Crippen MR) is 93.2 cm³/mol. The average Bonchev–Trinajstić information content (AvgIpc) is 3.15. The Bertz CT molecular complexity index is 493. The van der Waals surface area contributed by atoms with Crippen molar-refractivity contribution in [2.45, 2.75) is 58.0 Å². The second-order valence-electron chi connectivity index (χ2n) is 6.92. The number of nitrogens with zero attached hydrogens (tertiary/aromatic N) is 3. The fourth-order valence-electron chi connectivity index (χ4n) is 4.13. The summed E-state index contributed by atoms with van der Waals surface area (Å²) < 4.78 is 0. The second kappa shape index (κ2) is 7.28. The molecule has 3 heteroatoms. The molecular weight excluding hydrogens is 270 g/mol. The van der Waals surface area contributed by atoms with Gasteiger partial charge in [-0.15, -0.1) is 0 Å². The van der Waals surface area contributed by atoms with Crippen molar-refractivity contribution in [3.8, 4) is 0 Å². The minimum atomic E-state index is 0.691. The van der Waals surface area contributed by atoms with E-state index in [0.29, 0.717) is 6.04 Å². The fraction of sp³-hybridized carbons (Fsp3) is 0.632. The van der Waals surface area contributed by atoms with Gasteiger partial charge in [0.05, 0.1) is 0 Å². The van der Waals surface area contributed by atoms with Gasteiger partial charge in [0.1, 0.15) is 0 Å². The SMILES string of the molecule is CC(C)=CCCN1CCC[C@H]1[C@@H]1CCCN1c1ccncc1. The Morgan fingerprint density at radius 3 is 2.64 bits per heavy atom. The highest BCUT2D eigenvalue weighted by Gasteiger charge is 2.37. The van der Waals surface area contributed by atoms with Crippen LogP contribution in [0.25, 0.3) is 0 Å². The van der Waals surface area contributed by atoms with Gasteiger partial charge < -0.3 is 4.90 Å². The van der Waals surface area contributed by atoms with Gasteiger partial charge >= 0.3 is 0 Å². The van der Waals surface area contributed by atoms with E-state index in [4.69, 9.17) is 0 Å². The van der Waals surface area contributed by atoms with Gasteiger partial charge in [0.25, 0.3) is 0 Å². The third-order valence-corrected chi connectivity index (χ3v) is 5.12. The number of hydrogen-bond donors (Lipinski definition) is 0. The van der Waals surface area contributed by atoms with Crippen LogP contribution in [-0.2, 0) is 0 Å². The normalized spacial score (nSPS) is 25.6. The summed E-state index contributed by atoms with van der Waals surface area (Å²) in [5.74, 6) is 0. The highest BCUT2D eigenvalue weighted by atomic mass is 15.3. The summed E-state index contributed by atoms with van der Waals surface area (Å²) in [6.07, 6.45) is 12.8. The molecule has 0 aromatic carbocycles. The second-order valence-corrected chi connectivity index (χ2v) is 6.92. The fourth-order valence-corrected chi connectivity index (χ4v) is 4.13. The van der Waals surface area contributed by atoms with Crippen molar-refractivity contribution in [2.24, 2.45) is 0 Å². The number of anilines is 1. The Balaban J connectivity index is 1.67. The molecule has 0 amide bonds. The number of pyridine rings is 1. The molecule has 0 unspecified atom stereocenters. The Labute approximate surface area is 135 Å². The van der Waals surface area contributed by atoms with E-state index < -0.39 is 0 Å². The highest BCUT2D eigenvalue weighted by molar-refractivity contribution is 5.47. The molecule has 3 rings (SSSR count). The molecule has 0 aliphatic carbocycles. The highest BCUT2D eigenvalue weighted by Crippen LogP contribution is 2.33. The van der Waals surface area contributed by atoms with Gasteiger partial charge in [-0.25, -0.2) is 0 Å². The van der Waals surface area contributed by atoms with E-state index in [1.54, 1.807) is 0 Å². The van der Waals surface area contributed by atoms with Crippen LogP contribution in [-0.4, -0.2) is 41.6 Å². The molecule has 120 valence electrons. The zero-order valence-corrected chi connectivity index (χ0v) is 14.0. The molecule has 0 bridgehead atoms. The van der Waals surface area contributed by atoms with Crippen molar-refractivity contribution in [3.05, 3.63) is 36.2 Å². The largest absolute Gasteiger partial charge is 0.367 e. The Kier molecular flexibility index (Phi) is 5.14. The molecule has 2 fully saturated rings. The maximum atomic E-state index is 4.17. The number of likely N-dealkylation sites (tertiary alicyclic amines) is 1. The molecule has 0 spiro atoms. The summed E-state index contributed by atoms with van der Waals surface area (Å²) in [5, 5.41) is 0. The lowest BCUT2D eigenvalue weighted by atomic mass is 10.0. The molecule has 2 aliphatic rings. The van der Waals surface area contributed by atoms with Crippen LogP contribution in [0.3, 0.4) is 0 Å². The van der Waals surface area contributed by atoms with Crippen molar-refractivity contribution < 1.29 is 0 Å². The van der Waals surface area contributed by atoms with Gasteiger partial charge in [0.15, 0.2) is 0 Å². The van der Waals surface area contributed by atoms with Crippen molar-refractivity contribution in [3.63, 3.8) is 0 Å². The van der Waals surface area contributed by atoms with Crippen LogP contribution >= 0.6 is 0 Å². The molecule has 0 radical (unpaired) electrons. The zero-order valence-electron chi connectivity index (χ0n) is 14.0. The van der Waals surface area contributed by atoms with Crippen molar-refractivity contribution in [1.82, 2.24) is 9.88 Å². The van der Waals surface area contributed by atoms with E-state index in [9.17, 15) is 0 Å². The topological polar surface area (TPSA) is 19.4 Å². The first-order valence-electron chi connectivity index (χ1n) is 8.80. The lowest BCUT2D eigenvalue weighted by Gasteiger charge is -2.36. The van der Waals surface area contributed by atoms with E-state index in [1.807, 2.05) is 12.4 Å². The van der Waals surface area contributed by atoms with E-state index in [-0.39, 0.29) is 0 Å². The monoisotopic (exact) mass is 299 g/mol. The maximum Gasteiger partial charge on any atom is 0.0446 e. The molecule has 2 aliphatic heterocycles. The summed E-state index contributed by atoms with van der Waals surface area (Å²) in [6, 6.07) is 5.76. The lowest BCUT2D eigenvalue weighted by Crippen LogP contribution is -2.46. The number of hydrogen-bond acceptors (Lipinski definition) is 3. The van der Waals surface area contributed by atoms with Crippen LogP contribution in [0.15, 0.2) is 36.2 Å². The van der Waals surface area contributed by atoms with Crippen molar-refractivity contribution in [1.29, 1.82) is 0 Å². The minimum Gasteiger partial charge on any atom is -0.367 e. The molecule has 2 saturated heterocycles. The summed E-state index contributed by atoms with van der Waals surface area (Å²) in [4.78, 5) is 9.54. The quantitative estimate of drug-likeness (QED) is 0.769. The molecule has 3 heterocycles. The van der Waals surface area contributed by atoms with E-state index in [2.05, 4.69) is 46.8 Å². The molecular formula is C19H29N3. The van der Waals surface area contributed by atoms with Gasteiger partial charge in [-0.3, -0.25) is 9.88 Å². The average molecular weight is 299 g/mol. The molecule has 0 N–H and O–H groups in total. The number of rotatable bonds is 5. The van der Waals surface area contributed by atoms with Crippen LogP contribution < -0.4 is 4.90 Å². The summed E-state index contributed by atoms with van der Waals surface area (Å²) in [7, 11) is 0. The smallest absolute Gasteiger partial charge is 0.0446 e. The first-order chi connectivity index (χ1) is 10.8. The van der Waals surface area contributed by atoms with Crippen LogP contribution in [0.2, 0.25) is 0 Å². The molecule has 2 atom stereocenters. The molecule has 1 aromatic rings. The number of aromatic nitrogens is 1. The zero-order chi connectivity index (χ0) is 15.4. The summed E-state index contributed by atoms with van der Waals surface area (Å²) in [5.41, 5.74) is 2.80. The third kappa shape index (κ3) is 3.52. The van der Waals surface area contributed by atoms with Gasteiger partial charge in [0.2, 0.25) is 0 Å². The van der Waals surface area contributed by atoms with Gasteiger partial charge in [0, 0.05) is 43.3 Å². The maximum absolute atomic E-state index is 4.17. The van der Waals surface area contributed by atoms with Crippen LogP contribution in [0.5, 0.6) is 0 Å². The third-order valence-electron chi connectivity index (χ3n) is 5.12. The minimum absolute atomic E-state index is 0.691. The van der Waals surface area contributed by atoms with Gasteiger partial charge in [-0.2, -0.15) is 0 Å². The van der Waals surface area contributed by atoms with Crippen LogP contribution in [0, 0.1) is 0 Å². The summed E-state index contributed by atoms with van der Waals surface area (Å²) >= 11 is 0. The standard InChI is InChI=1S/C19H29N3/c1-16(2)6-3-13-21-14-4-7-18(21)19-8-5-15-22(19)17-9-11-20-12-10-17/h6,9-12,18-19H,3-5,7-8,13-15H2,1-2H3/t18-,19-/m0/s1. The molecule has 22 heavy (non-hydrogen) atoms. The lowest BCUT2D eigenvalue weighted by molar-refractivity contribution is 0.228. The van der Waals surface area contributed by atoms with Gasteiger partial charge in [-0.1, -0.05) is 11.6 Å². The first-order valence-corrected chi connectivity index (χ1v) is 8.80. The molecule has 1 aromatic heterocycles. The molecule has 0 saturated carbocycles. The first kappa shape index (κ1) is 15.5. The molecule has 3 nitrogen and oxygen atoms in total. The van der Waals surface area contributed by atoms with E-state index in [0.717, 1.165) is 6.04 Å². The van der Waals surface area contributed by atoms with E-state index >= 15 is 0 Å². The Hall–Kier alpha value is -1.35. The van der Waals surface area contributed by atoms with Crippen molar-refractivity contribution in [2.75, 3.05) is 24.5 Å². The van der Waals surface area contributed by atoms with Gasteiger partial charge in [-0.05, 0) is 64.6 Å². The van der Waals surface area contributed by atoms with Crippen molar-refractivity contribution >= 4 is 5.69 Å². The Morgan fingerprint density at radius 1 is 1.14 bits per heavy atom. The van der Waals surface area contributed by atoms with E-state index in [1.165, 1.54) is 63.0 Å². The predicted octanol–water partition coefficient (Wildman–Crippen LogP) is 3.87. The Morgan fingerprint density at radius 2 is 1.86 bits per heavy atom. The van der Waals surface area contributed by atoms with Crippen LogP contribution in [0.1, 0.15) is 46.0 Å². The van der Waals surface area contributed by atoms with Crippen LogP contribution in [0.4, 0.5) is 5.69 Å².